The lowest BCUT2D eigenvalue weighted by Gasteiger charge is -2.05. The van der Waals surface area contributed by atoms with Gasteiger partial charge >= 0.3 is 11.8 Å². The van der Waals surface area contributed by atoms with E-state index in [4.69, 9.17) is 0 Å². The maximum atomic E-state index is 13.6. The number of pyridine rings is 1. The number of amides is 2. The summed E-state index contributed by atoms with van der Waals surface area (Å²) in [6.45, 7) is -0.137. The molecule has 3 heterocycles. The maximum absolute atomic E-state index is 13.6. The second-order valence-electron chi connectivity index (χ2n) is 5.36. The number of fused-ring (bicyclic) bond motifs is 1. The highest BCUT2D eigenvalue weighted by Crippen LogP contribution is 2.24. The molecule has 3 rings (SSSR count). The standard InChI is InChI=1S/C15H13F3N6O2/c1-23-7-10(11(22-23)12(17)18)21-15(26)14(25)19-5-8-6-24-4-2-3-9(16)13(24)20-8/h2-4,6-7,12H,5H2,1H3,(H,19,25)(H,21,26). The SMILES string of the molecule is Cn1cc(NC(=O)C(=O)NCc2cn3cccc(F)c3n2)c(C(F)F)n1. The number of nitrogens with zero attached hydrogens (tertiary/aromatic N) is 4. The van der Waals surface area contributed by atoms with Crippen molar-refractivity contribution in [2.75, 3.05) is 5.32 Å². The first-order valence-electron chi connectivity index (χ1n) is 7.38. The molecular formula is C15H13F3N6O2. The van der Waals surface area contributed by atoms with Crippen molar-refractivity contribution in [3.63, 3.8) is 0 Å². The molecule has 0 saturated carbocycles. The number of aryl methyl sites for hydroxylation is 1. The van der Waals surface area contributed by atoms with Crippen molar-refractivity contribution in [1.82, 2.24) is 24.5 Å². The highest BCUT2D eigenvalue weighted by molar-refractivity contribution is 6.39. The van der Waals surface area contributed by atoms with Gasteiger partial charge in [0.25, 0.3) is 6.43 Å². The molecule has 0 aliphatic heterocycles. The molecule has 0 fully saturated rings. The predicted octanol–water partition coefficient (Wildman–Crippen LogP) is 1.40. The Labute approximate surface area is 144 Å². The van der Waals surface area contributed by atoms with Crippen molar-refractivity contribution < 1.29 is 22.8 Å². The third kappa shape index (κ3) is 3.50. The van der Waals surface area contributed by atoms with Crippen molar-refractivity contribution in [3.05, 3.63) is 47.9 Å². The molecule has 2 amide bonds. The molecule has 0 aliphatic rings. The topological polar surface area (TPSA) is 93.3 Å². The van der Waals surface area contributed by atoms with Crippen LogP contribution >= 0.6 is 0 Å². The fourth-order valence-electron chi connectivity index (χ4n) is 2.31. The van der Waals surface area contributed by atoms with Gasteiger partial charge < -0.3 is 15.0 Å². The van der Waals surface area contributed by atoms with Crippen molar-refractivity contribution in [1.29, 1.82) is 0 Å². The van der Waals surface area contributed by atoms with Gasteiger partial charge in [-0.1, -0.05) is 0 Å². The lowest BCUT2D eigenvalue weighted by molar-refractivity contribution is -0.136. The Balaban J connectivity index is 1.64. The smallest absolute Gasteiger partial charge is 0.313 e. The van der Waals surface area contributed by atoms with E-state index in [1.165, 1.54) is 29.8 Å². The number of halogens is 3. The van der Waals surface area contributed by atoms with Crippen LogP contribution in [-0.4, -0.2) is 31.0 Å². The molecule has 0 aliphatic carbocycles. The first-order valence-corrected chi connectivity index (χ1v) is 7.38. The number of imidazole rings is 1. The van der Waals surface area contributed by atoms with E-state index in [9.17, 15) is 22.8 Å². The molecule has 26 heavy (non-hydrogen) atoms. The largest absolute Gasteiger partial charge is 0.342 e. The molecule has 8 nitrogen and oxygen atoms in total. The quantitative estimate of drug-likeness (QED) is 0.683. The van der Waals surface area contributed by atoms with Crippen molar-refractivity contribution in [2.45, 2.75) is 13.0 Å². The van der Waals surface area contributed by atoms with Crippen LogP contribution in [0.1, 0.15) is 17.8 Å². The van der Waals surface area contributed by atoms with Gasteiger partial charge in [0.05, 0.1) is 17.9 Å². The van der Waals surface area contributed by atoms with Crippen LogP contribution in [0.15, 0.2) is 30.7 Å². The summed E-state index contributed by atoms with van der Waals surface area (Å²) >= 11 is 0. The van der Waals surface area contributed by atoms with E-state index in [2.05, 4.69) is 20.7 Å². The van der Waals surface area contributed by atoms with E-state index >= 15 is 0 Å². The minimum absolute atomic E-state index is 0.0816. The second kappa shape index (κ2) is 6.86. The summed E-state index contributed by atoms with van der Waals surface area (Å²) in [5, 5.41) is 7.90. The Kier molecular flexibility index (Phi) is 4.61. The monoisotopic (exact) mass is 366 g/mol. The van der Waals surface area contributed by atoms with E-state index in [0.717, 1.165) is 10.9 Å². The Hall–Kier alpha value is -3.37. The fourth-order valence-corrected chi connectivity index (χ4v) is 2.31. The number of hydrogen-bond donors (Lipinski definition) is 2. The number of carbonyl (C=O) groups excluding carboxylic acids is 2. The minimum atomic E-state index is -2.90. The van der Waals surface area contributed by atoms with Gasteiger partial charge in [-0.3, -0.25) is 14.3 Å². The van der Waals surface area contributed by atoms with Gasteiger partial charge in [0.15, 0.2) is 17.2 Å². The average Bonchev–Trinajstić information content (AvgIpc) is 3.16. The Morgan fingerprint density at radius 2 is 2.04 bits per heavy atom. The Bertz CT molecular complexity index is 981. The molecule has 136 valence electrons. The van der Waals surface area contributed by atoms with Gasteiger partial charge in [-0.15, -0.1) is 0 Å². The number of aromatic nitrogens is 4. The van der Waals surface area contributed by atoms with Crippen LogP contribution in [0.25, 0.3) is 5.65 Å². The molecule has 0 aromatic carbocycles. The molecule has 0 saturated heterocycles. The summed E-state index contributed by atoms with van der Waals surface area (Å²) in [7, 11) is 1.41. The van der Waals surface area contributed by atoms with Crippen LogP contribution in [0.2, 0.25) is 0 Å². The summed E-state index contributed by atoms with van der Waals surface area (Å²) in [6.07, 6.45) is 1.34. The zero-order chi connectivity index (χ0) is 18.8. The van der Waals surface area contributed by atoms with Crippen LogP contribution in [0, 0.1) is 5.82 Å². The van der Waals surface area contributed by atoms with E-state index in [1.807, 2.05) is 0 Å². The van der Waals surface area contributed by atoms with Crippen LogP contribution < -0.4 is 10.6 Å². The number of carbonyl (C=O) groups is 2. The molecule has 0 bridgehead atoms. The van der Waals surface area contributed by atoms with Gasteiger partial charge in [-0.2, -0.15) is 5.10 Å². The number of alkyl halides is 2. The third-order valence-corrected chi connectivity index (χ3v) is 3.43. The zero-order valence-electron chi connectivity index (χ0n) is 13.4. The summed E-state index contributed by atoms with van der Waals surface area (Å²) in [6, 6.07) is 2.74. The van der Waals surface area contributed by atoms with Gasteiger partial charge in [0, 0.05) is 25.6 Å². The molecular weight excluding hydrogens is 353 g/mol. The number of rotatable bonds is 4. The van der Waals surface area contributed by atoms with E-state index < -0.39 is 29.8 Å². The summed E-state index contributed by atoms with van der Waals surface area (Å²) in [4.78, 5) is 27.7. The first kappa shape index (κ1) is 17.5. The molecule has 2 N–H and O–H groups in total. The summed E-state index contributed by atoms with van der Waals surface area (Å²) in [5.41, 5.74) is -0.481. The zero-order valence-corrected chi connectivity index (χ0v) is 13.4. The fraction of sp³-hybridized carbons (Fsp3) is 0.200. The lowest BCUT2D eigenvalue weighted by Crippen LogP contribution is -2.35. The highest BCUT2D eigenvalue weighted by atomic mass is 19.3. The number of anilines is 1. The second-order valence-corrected chi connectivity index (χ2v) is 5.36. The predicted molar refractivity (Wildman–Crippen MR) is 83.8 cm³/mol. The molecule has 3 aromatic rings. The summed E-state index contributed by atoms with van der Waals surface area (Å²) < 4.78 is 41.8. The number of hydrogen-bond acceptors (Lipinski definition) is 4. The van der Waals surface area contributed by atoms with E-state index in [0.29, 0.717) is 5.69 Å². The van der Waals surface area contributed by atoms with Gasteiger partial charge in [-0.05, 0) is 12.1 Å². The maximum Gasteiger partial charge on any atom is 0.313 e. The molecule has 0 atom stereocenters. The van der Waals surface area contributed by atoms with Crippen LogP contribution in [0.3, 0.4) is 0 Å². The molecule has 11 heteroatoms. The van der Waals surface area contributed by atoms with Crippen molar-refractivity contribution >= 4 is 23.1 Å². The third-order valence-electron chi connectivity index (χ3n) is 3.43. The van der Waals surface area contributed by atoms with E-state index in [1.54, 1.807) is 6.20 Å². The Morgan fingerprint density at radius 1 is 1.27 bits per heavy atom. The van der Waals surface area contributed by atoms with E-state index in [-0.39, 0.29) is 17.9 Å². The van der Waals surface area contributed by atoms with Crippen LogP contribution in [0.5, 0.6) is 0 Å². The number of nitrogens with one attached hydrogen (secondary N) is 2. The Morgan fingerprint density at radius 3 is 2.73 bits per heavy atom. The van der Waals surface area contributed by atoms with Crippen molar-refractivity contribution in [3.8, 4) is 0 Å². The van der Waals surface area contributed by atoms with Gasteiger partial charge in [0.1, 0.15) is 0 Å². The molecule has 0 radical (unpaired) electrons. The molecule has 0 unspecified atom stereocenters. The first-order chi connectivity index (χ1) is 12.3. The van der Waals surface area contributed by atoms with Gasteiger partial charge in [-0.25, -0.2) is 18.2 Å². The molecule has 3 aromatic heterocycles. The minimum Gasteiger partial charge on any atom is -0.342 e. The normalized spacial score (nSPS) is 11.1. The highest BCUT2D eigenvalue weighted by Gasteiger charge is 2.22. The summed E-state index contributed by atoms with van der Waals surface area (Å²) in [5.74, 6) is -2.71. The average molecular weight is 366 g/mol. The van der Waals surface area contributed by atoms with Crippen molar-refractivity contribution in [2.24, 2.45) is 7.05 Å². The van der Waals surface area contributed by atoms with Crippen LogP contribution in [-0.2, 0) is 23.2 Å². The van der Waals surface area contributed by atoms with Gasteiger partial charge in [0.2, 0.25) is 0 Å². The molecule has 0 spiro atoms. The lowest BCUT2D eigenvalue weighted by atomic mass is 10.3. The van der Waals surface area contributed by atoms with Crippen LogP contribution in [0.4, 0.5) is 18.9 Å².